The molecule has 1 aromatic carbocycles. The summed E-state index contributed by atoms with van der Waals surface area (Å²) in [6, 6.07) is 10.5. The van der Waals surface area contributed by atoms with Gasteiger partial charge in [-0.3, -0.25) is 19.7 Å². The van der Waals surface area contributed by atoms with Crippen molar-refractivity contribution in [1.82, 2.24) is 20.1 Å². The minimum absolute atomic E-state index is 0.0742. The molecule has 1 saturated heterocycles. The second-order valence-electron chi connectivity index (χ2n) is 7.31. The molecule has 31 heavy (non-hydrogen) atoms. The monoisotopic (exact) mass is 439 g/mol. The Morgan fingerprint density at radius 2 is 1.90 bits per heavy atom. The smallest absolute Gasteiger partial charge is 0.271 e. The van der Waals surface area contributed by atoms with E-state index < -0.39 is 0 Å². The number of carbonyl (C=O) groups is 2. The molecule has 2 N–H and O–H groups in total. The predicted octanol–water partition coefficient (Wildman–Crippen LogP) is 3.62. The maximum atomic E-state index is 12.8. The van der Waals surface area contributed by atoms with E-state index in [1.54, 1.807) is 41.6 Å². The van der Waals surface area contributed by atoms with Crippen molar-refractivity contribution in [2.24, 2.45) is 5.92 Å². The van der Waals surface area contributed by atoms with Gasteiger partial charge in [-0.1, -0.05) is 11.6 Å². The predicted molar refractivity (Wildman–Crippen MR) is 117 cm³/mol. The lowest BCUT2D eigenvalue weighted by atomic mass is 9.95. The Kier molecular flexibility index (Phi) is 6.18. The number of piperidine rings is 1. The number of nitrogens with zero attached hydrogens (tertiary/aromatic N) is 3. The van der Waals surface area contributed by atoms with Crippen LogP contribution in [0.15, 0.2) is 48.8 Å². The fourth-order valence-electron chi connectivity index (χ4n) is 3.61. The number of amides is 2. The highest BCUT2D eigenvalue weighted by molar-refractivity contribution is 6.32. The molecule has 0 spiro atoms. The maximum Gasteiger partial charge on any atom is 0.271 e. The number of likely N-dealkylation sites (tertiary alicyclic amines) is 1. The Bertz CT molecular complexity index is 1080. The van der Waals surface area contributed by atoms with Gasteiger partial charge in [0, 0.05) is 42.7 Å². The molecule has 2 aromatic heterocycles. The minimum atomic E-state index is -0.168. The molecule has 8 nitrogen and oxygen atoms in total. The van der Waals surface area contributed by atoms with E-state index in [-0.39, 0.29) is 17.7 Å². The first-order chi connectivity index (χ1) is 15.0. The standard InChI is InChI=1S/C22H22ClN5O3/c1-31-20-3-2-16(12-17(20)23)25-21(29)15-6-10-28(11-7-15)22(30)19-13-18(26-27-19)14-4-8-24-9-5-14/h2-5,8-9,12-13,15H,6-7,10-11H2,1H3,(H,25,29)(H,26,27). The van der Waals surface area contributed by atoms with Gasteiger partial charge in [0.2, 0.25) is 5.91 Å². The average molecular weight is 440 g/mol. The van der Waals surface area contributed by atoms with Crippen molar-refractivity contribution in [2.75, 3.05) is 25.5 Å². The average Bonchev–Trinajstić information content (AvgIpc) is 3.30. The molecule has 0 radical (unpaired) electrons. The minimum Gasteiger partial charge on any atom is -0.495 e. The third-order valence-corrected chi connectivity index (χ3v) is 5.65. The molecule has 0 saturated carbocycles. The number of aromatic nitrogens is 3. The van der Waals surface area contributed by atoms with Gasteiger partial charge >= 0.3 is 0 Å². The summed E-state index contributed by atoms with van der Waals surface area (Å²) in [6.45, 7) is 1.01. The number of H-pyrrole nitrogens is 1. The van der Waals surface area contributed by atoms with Crippen LogP contribution in [0.2, 0.25) is 5.02 Å². The Morgan fingerprint density at radius 1 is 1.16 bits per heavy atom. The molecule has 3 aromatic rings. The van der Waals surface area contributed by atoms with Crippen molar-refractivity contribution in [3.05, 3.63) is 59.5 Å². The second kappa shape index (κ2) is 9.18. The number of rotatable bonds is 5. The summed E-state index contributed by atoms with van der Waals surface area (Å²) in [5.41, 5.74) is 2.63. The molecule has 1 aliphatic heterocycles. The van der Waals surface area contributed by atoms with E-state index in [9.17, 15) is 9.59 Å². The summed E-state index contributed by atoms with van der Waals surface area (Å²) in [6.07, 6.45) is 4.54. The summed E-state index contributed by atoms with van der Waals surface area (Å²) in [5, 5.41) is 10.4. The Hall–Kier alpha value is -3.39. The van der Waals surface area contributed by atoms with E-state index in [1.165, 1.54) is 7.11 Å². The third kappa shape index (κ3) is 4.69. The van der Waals surface area contributed by atoms with E-state index >= 15 is 0 Å². The molecule has 4 rings (SSSR count). The van der Waals surface area contributed by atoms with Gasteiger partial charge in [0.25, 0.3) is 5.91 Å². The number of halogens is 1. The summed E-state index contributed by atoms with van der Waals surface area (Å²) in [5.74, 6) is 0.194. The van der Waals surface area contributed by atoms with Crippen molar-refractivity contribution in [3.63, 3.8) is 0 Å². The largest absolute Gasteiger partial charge is 0.495 e. The summed E-state index contributed by atoms with van der Waals surface area (Å²) in [4.78, 5) is 31.2. The van der Waals surface area contributed by atoms with Crippen LogP contribution >= 0.6 is 11.6 Å². The zero-order valence-corrected chi connectivity index (χ0v) is 17.7. The summed E-state index contributed by atoms with van der Waals surface area (Å²) >= 11 is 6.12. The van der Waals surface area contributed by atoms with Crippen molar-refractivity contribution < 1.29 is 14.3 Å². The normalized spacial score (nSPS) is 14.3. The highest BCUT2D eigenvalue weighted by Gasteiger charge is 2.28. The fourth-order valence-corrected chi connectivity index (χ4v) is 3.86. The number of aromatic amines is 1. The highest BCUT2D eigenvalue weighted by atomic mass is 35.5. The van der Waals surface area contributed by atoms with Gasteiger partial charge in [0.15, 0.2) is 0 Å². The second-order valence-corrected chi connectivity index (χ2v) is 7.71. The molecule has 0 aliphatic carbocycles. The van der Waals surface area contributed by atoms with Crippen LogP contribution in [0.5, 0.6) is 5.75 Å². The lowest BCUT2D eigenvalue weighted by molar-refractivity contribution is -0.121. The number of nitrogens with one attached hydrogen (secondary N) is 2. The van der Waals surface area contributed by atoms with Gasteiger partial charge in [-0.2, -0.15) is 5.10 Å². The first-order valence-corrected chi connectivity index (χ1v) is 10.3. The Balaban J connectivity index is 1.33. The van der Waals surface area contributed by atoms with Crippen LogP contribution in [-0.2, 0) is 4.79 Å². The van der Waals surface area contributed by atoms with Crippen molar-refractivity contribution in [3.8, 4) is 17.0 Å². The lowest BCUT2D eigenvalue weighted by Crippen LogP contribution is -2.41. The topological polar surface area (TPSA) is 100 Å². The number of ether oxygens (including phenoxy) is 1. The van der Waals surface area contributed by atoms with Crippen LogP contribution in [0.4, 0.5) is 5.69 Å². The van der Waals surface area contributed by atoms with Gasteiger partial charge in [0.1, 0.15) is 11.4 Å². The number of hydrogen-bond donors (Lipinski definition) is 2. The molecular weight excluding hydrogens is 418 g/mol. The van der Waals surface area contributed by atoms with Crippen LogP contribution in [0.3, 0.4) is 0 Å². The zero-order chi connectivity index (χ0) is 21.8. The molecular formula is C22H22ClN5O3. The van der Waals surface area contributed by atoms with Crippen LogP contribution < -0.4 is 10.1 Å². The molecule has 1 aliphatic rings. The van der Waals surface area contributed by atoms with E-state index in [0.29, 0.717) is 53.8 Å². The number of anilines is 1. The van der Waals surface area contributed by atoms with Crippen molar-refractivity contribution >= 4 is 29.1 Å². The molecule has 3 heterocycles. The molecule has 0 atom stereocenters. The van der Waals surface area contributed by atoms with Crippen LogP contribution in [-0.4, -0.2) is 52.1 Å². The van der Waals surface area contributed by atoms with Gasteiger partial charge < -0.3 is 15.0 Å². The molecule has 160 valence electrons. The SMILES string of the molecule is COc1ccc(NC(=O)C2CCN(C(=O)c3cc(-c4ccncc4)n[nH]3)CC2)cc1Cl. The maximum absolute atomic E-state index is 12.8. The van der Waals surface area contributed by atoms with Gasteiger partial charge in [-0.05, 0) is 49.2 Å². The third-order valence-electron chi connectivity index (χ3n) is 5.36. The number of hydrogen-bond acceptors (Lipinski definition) is 5. The first kappa shape index (κ1) is 20.9. The van der Waals surface area contributed by atoms with Crippen LogP contribution in [0.1, 0.15) is 23.3 Å². The number of methoxy groups -OCH3 is 1. The van der Waals surface area contributed by atoms with Gasteiger partial charge in [0.05, 0.1) is 17.8 Å². The van der Waals surface area contributed by atoms with Gasteiger partial charge in [-0.25, -0.2) is 0 Å². The van der Waals surface area contributed by atoms with Crippen LogP contribution in [0.25, 0.3) is 11.3 Å². The number of carbonyl (C=O) groups excluding carboxylic acids is 2. The fraction of sp³-hybridized carbons (Fsp3) is 0.273. The lowest BCUT2D eigenvalue weighted by Gasteiger charge is -2.31. The zero-order valence-electron chi connectivity index (χ0n) is 17.0. The summed E-state index contributed by atoms with van der Waals surface area (Å²) < 4.78 is 5.13. The Labute approximate surface area is 184 Å². The Morgan fingerprint density at radius 3 is 2.58 bits per heavy atom. The van der Waals surface area contributed by atoms with E-state index in [4.69, 9.17) is 16.3 Å². The molecule has 9 heteroatoms. The van der Waals surface area contributed by atoms with E-state index in [0.717, 1.165) is 5.56 Å². The first-order valence-electron chi connectivity index (χ1n) is 9.94. The molecule has 2 amide bonds. The van der Waals surface area contributed by atoms with E-state index in [2.05, 4.69) is 20.5 Å². The molecule has 0 unspecified atom stereocenters. The van der Waals surface area contributed by atoms with Crippen molar-refractivity contribution in [2.45, 2.75) is 12.8 Å². The van der Waals surface area contributed by atoms with Crippen LogP contribution in [0, 0.1) is 5.92 Å². The van der Waals surface area contributed by atoms with Gasteiger partial charge in [-0.15, -0.1) is 0 Å². The van der Waals surface area contributed by atoms with Crippen molar-refractivity contribution in [1.29, 1.82) is 0 Å². The number of benzene rings is 1. The molecule has 1 fully saturated rings. The highest BCUT2D eigenvalue weighted by Crippen LogP contribution is 2.28. The van der Waals surface area contributed by atoms with E-state index in [1.807, 2.05) is 12.1 Å². The number of pyridine rings is 1. The molecule has 0 bridgehead atoms. The summed E-state index contributed by atoms with van der Waals surface area (Å²) in [7, 11) is 1.54. The quantitative estimate of drug-likeness (QED) is 0.632.